The molecule has 342 valence electrons. The standard InChI is InChI=1S/C41H72N2O15S/c1-20-18-39(9,51-14)34(58-38-30(42(11)12)28(17-21(2)53-38)43(13)59(16,49)50)23(4)32(56-29-19-40(10,52-15)36(26(7)54-29)55-27(8)44)24(5)37(47)57-35-25(6)41(35,48)33(46)22(3)31(20)45/h20-26,28-30,32-36,38,46,48H,17-19H2,1-16H3/t20-,21-,22+,23+,24-,25?,26+,28-,29+,30+,32+,33-,34-,35-,36+,38+,39+,40-,41+/m1/s1. The van der Waals surface area contributed by atoms with Gasteiger partial charge >= 0.3 is 11.9 Å². The number of rotatable bonds is 10. The van der Waals surface area contributed by atoms with E-state index >= 15 is 0 Å². The third-order valence-corrected chi connectivity index (χ3v) is 15.1. The van der Waals surface area contributed by atoms with Crippen LogP contribution >= 0.6 is 0 Å². The summed E-state index contributed by atoms with van der Waals surface area (Å²) in [5.74, 6) is -5.84. The fourth-order valence-electron chi connectivity index (χ4n) is 9.89. The van der Waals surface area contributed by atoms with E-state index in [2.05, 4.69) is 0 Å². The van der Waals surface area contributed by atoms with Crippen molar-refractivity contribution in [3.05, 3.63) is 0 Å². The van der Waals surface area contributed by atoms with E-state index in [0.29, 0.717) is 6.42 Å². The third kappa shape index (κ3) is 10.0. The number of methoxy groups -OCH3 is 2. The highest BCUT2D eigenvalue weighted by Crippen LogP contribution is 2.52. The lowest BCUT2D eigenvalue weighted by atomic mass is 9.75. The second-order valence-electron chi connectivity index (χ2n) is 18.5. The number of carbonyl (C=O) groups excluding carboxylic acids is 3. The van der Waals surface area contributed by atoms with Gasteiger partial charge in [-0.15, -0.1) is 0 Å². The van der Waals surface area contributed by atoms with E-state index in [0.717, 1.165) is 6.26 Å². The highest BCUT2D eigenvalue weighted by atomic mass is 32.2. The van der Waals surface area contributed by atoms with E-state index in [9.17, 15) is 33.0 Å². The van der Waals surface area contributed by atoms with Gasteiger partial charge in [0.25, 0.3) is 0 Å². The maximum Gasteiger partial charge on any atom is 0.311 e. The van der Waals surface area contributed by atoms with Gasteiger partial charge in [0.15, 0.2) is 18.7 Å². The summed E-state index contributed by atoms with van der Waals surface area (Å²) in [5, 5.41) is 23.1. The summed E-state index contributed by atoms with van der Waals surface area (Å²) in [4.78, 5) is 42.4. The Kier molecular flexibility index (Phi) is 15.6. The Balaban J connectivity index is 1.88. The van der Waals surface area contributed by atoms with Crippen LogP contribution in [-0.2, 0) is 62.3 Å². The van der Waals surface area contributed by atoms with Gasteiger partial charge in [0.2, 0.25) is 10.0 Å². The second-order valence-corrected chi connectivity index (χ2v) is 20.5. The molecule has 0 bridgehead atoms. The molecule has 3 aliphatic heterocycles. The lowest BCUT2D eigenvalue weighted by Gasteiger charge is -2.51. The number of likely N-dealkylation sites (N-methyl/N-ethyl adjacent to an activating group) is 2. The molecule has 0 amide bonds. The summed E-state index contributed by atoms with van der Waals surface area (Å²) in [5.41, 5.74) is -4.23. The molecule has 4 rings (SSSR count). The predicted molar refractivity (Wildman–Crippen MR) is 214 cm³/mol. The van der Waals surface area contributed by atoms with E-state index in [-0.39, 0.29) is 18.6 Å². The summed E-state index contributed by atoms with van der Waals surface area (Å²) in [6.07, 6.45) is -7.01. The van der Waals surface area contributed by atoms with E-state index < -0.39 is 136 Å². The minimum absolute atomic E-state index is 0.0711. The van der Waals surface area contributed by atoms with Gasteiger partial charge in [0.1, 0.15) is 23.1 Å². The van der Waals surface area contributed by atoms with Crippen molar-refractivity contribution in [1.82, 2.24) is 9.21 Å². The van der Waals surface area contributed by atoms with Crippen LogP contribution in [0.1, 0.15) is 88.5 Å². The number of ether oxygens (including phenoxy) is 8. The first-order chi connectivity index (χ1) is 27.1. The number of sulfonamides is 1. The topological polar surface area (TPSA) is 206 Å². The van der Waals surface area contributed by atoms with Crippen LogP contribution in [0.2, 0.25) is 0 Å². The fourth-order valence-corrected chi connectivity index (χ4v) is 10.6. The van der Waals surface area contributed by atoms with E-state index in [1.54, 1.807) is 48.5 Å². The number of carbonyl (C=O) groups is 3. The molecule has 1 unspecified atom stereocenters. The molecule has 2 N–H and O–H groups in total. The van der Waals surface area contributed by atoms with Crippen molar-refractivity contribution in [2.45, 2.75) is 173 Å². The molecule has 0 aromatic carbocycles. The van der Waals surface area contributed by atoms with Crippen molar-refractivity contribution in [2.24, 2.45) is 29.6 Å². The van der Waals surface area contributed by atoms with Crippen molar-refractivity contribution in [3.8, 4) is 0 Å². The van der Waals surface area contributed by atoms with Gasteiger partial charge in [-0.3, -0.25) is 14.4 Å². The van der Waals surface area contributed by atoms with Crippen LogP contribution in [0.4, 0.5) is 0 Å². The molecule has 0 aromatic heterocycles. The van der Waals surface area contributed by atoms with Gasteiger partial charge in [0, 0.05) is 64.3 Å². The molecule has 59 heavy (non-hydrogen) atoms. The van der Waals surface area contributed by atoms with Crippen LogP contribution in [-0.4, -0.2) is 171 Å². The van der Waals surface area contributed by atoms with Crippen molar-refractivity contribution in [1.29, 1.82) is 0 Å². The Morgan fingerprint density at radius 3 is 1.98 bits per heavy atom. The Labute approximate surface area is 351 Å². The lowest BCUT2D eigenvalue weighted by Crippen LogP contribution is -2.64. The lowest BCUT2D eigenvalue weighted by molar-refractivity contribution is -0.314. The zero-order chi connectivity index (χ0) is 44.9. The summed E-state index contributed by atoms with van der Waals surface area (Å²) >= 11 is 0. The number of aliphatic hydroxyl groups is 2. The number of esters is 2. The van der Waals surface area contributed by atoms with Crippen LogP contribution in [0, 0.1) is 29.6 Å². The number of Topliss-reactive ketones (excluding diaryl/α,β-unsaturated/α-hetero) is 1. The third-order valence-electron chi connectivity index (χ3n) is 13.8. The predicted octanol–water partition coefficient (Wildman–Crippen LogP) is 2.13. The number of hydrogen-bond donors (Lipinski definition) is 2. The van der Waals surface area contributed by atoms with Crippen LogP contribution in [0.15, 0.2) is 0 Å². The van der Waals surface area contributed by atoms with Crippen LogP contribution in [0.25, 0.3) is 0 Å². The summed E-state index contributed by atoms with van der Waals surface area (Å²) in [7, 11) is 4.50. The molecular weight excluding hydrogens is 793 g/mol. The van der Waals surface area contributed by atoms with Crippen LogP contribution in [0.3, 0.4) is 0 Å². The normalized spacial score (nSPS) is 46.6. The minimum atomic E-state index is -3.65. The van der Waals surface area contributed by atoms with Gasteiger partial charge in [-0.1, -0.05) is 27.7 Å². The molecule has 3 saturated heterocycles. The molecule has 19 atom stereocenters. The maximum atomic E-state index is 14.3. The number of hydrogen-bond acceptors (Lipinski definition) is 16. The summed E-state index contributed by atoms with van der Waals surface area (Å²) in [6, 6.07) is -1.19. The van der Waals surface area contributed by atoms with Gasteiger partial charge in [-0.25, -0.2) is 12.7 Å². The molecule has 1 aliphatic carbocycles. The SMILES string of the molecule is CO[C@]1(C)C[C@H](O[C@H]2[C@H](C)[C@@H](O[C@@H]3O[C@H](C)C[C@@H](N(C)S(C)(=O)=O)[C@@H]3N(C)C)[C@@](C)(OC)C[C@@H](C)C(=O)[C@H](C)[C@@H](O)[C@@]3(O)C(C)[C@H]3OC(=O)[C@@H]2C)O[C@@H](C)[C@@H]1OC(C)=O. The van der Waals surface area contributed by atoms with Gasteiger partial charge in [-0.2, -0.15) is 0 Å². The average Bonchev–Trinajstić information content (AvgIpc) is 3.68. The molecule has 0 radical (unpaired) electrons. The molecular formula is C41H72N2O15S. The molecule has 18 heteroatoms. The van der Waals surface area contributed by atoms with Gasteiger partial charge in [0.05, 0.1) is 54.3 Å². The molecule has 0 aromatic rings. The van der Waals surface area contributed by atoms with E-state index in [1.807, 2.05) is 32.8 Å². The Morgan fingerprint density at radius 1 is 0.881 bits per heavy atom. The first kappa shape index (κ1) is 49.8. The van der Waals surface area contributed by atoms with Gasteiger partial charge in [-0.05, 0) is 61.6 Å². The highest BCUT2D eigenvalue weighted by molar-refractivity contribution is 7.88. The first-order valence-electron chi connectivity index (χ1n) is 20.7. The molecule has 4 aliphatic rings. The molecule has 0 spiro atoms. The molecule has 3 heterocycles. The largest absolute Gasteiger partial charge is 0.458 e. The van der Waals surface area contributed by atoms with E-state index in [1.165, 1.54) is 32.5 Å². The smallest absolute Gasteiger partial charge is 0.311 e. The summed E-state index contributed by atoms with van der Waals surface area (Å²) < 4.78 is 77.9. The monoisotopic (exact) mass is 864 g/mol. The minimum Gasteiger partial charge on any atom is -0.458 e. The Morgan fingerprint density at radius 2 is 1.46 bits per heavy atom. The average molecular weight is 865 g/mol. The zero-order valence-corrected chi connectivity index (χ0v) is 38.7. The fraction of sp³-hybridized carbons (Fsp3) is 0.927. The van der Waals surface area contributed by atoms with Crippen molar-refractivity contribution in [3.63, 3.8) is 0 Å². The second kappa shape index (κ2) is 18.5. The molecule has 1 saturated carbocycles. The van der Waals surface area contributed by atoms with Crippen molar-refractivity contribution >= 4 is 27.7 Å². The number of nitrogens with zero attached hydrogens (tertiary/aromatic N) is 2. The highest BCUT2D eigenvalue weighted by Gasteiger charge is 2.70. The van der Waals surface area contributed by atoms with Crippen LogP contribution < -0.4 is 0 Å². The summed E-state index contributed by atoms with van der Waals surface area (Å²) in [6.45, 7) is 16.8. The van der Waals surface area contributed by atoms with Crippen molar-refractivity contribution in [2.75, 3.05) is 41.6 Å². The number of fused-ring (bicyclic) bond motifs is 1. The molecule has 4 fully saturated rings. The van der Waals surface area contributed by atoms with Crippen LogP contribution in [0.5, 0.6) is 0 Å². The first-order valence-corrected chi connectivity index (χ1v) is 22.6. The number of aliphatic hydroxyl groups excluding tert-OH is 1. The molecule has 17 nitrogen and oxygen atoms in total. The van der Waals surface area contributed by atoms with Crippen molar-refractivity contribution < 1.29 is 70.9 Å². The maximum absolute atomic E-state index is 14.3. The van der Waals surface area contributed by atoms with E-state index in [4.69, 9.17) is 37.9 Å². The van der Waals surface area contributed by atoms with Gasteiger partial charge < -0.3 is 53.0 Å². The quantitative estimate of drug-likeness (QED) is 0.302. The zero-order valence-electron chi connectivity index (χ0n) is 37.9. The number of ketones is 1. The Bertz CT molecular complexity index is 1620. The Hall–Kier alpha value is -1.84.